The van der Waals surface area contributed by atoms with Crippen LogP contribution in [0, 0.1) is 5.82 Å². The molecule has 3 atom stereocenters. The molecule has 5 nitrogen and oxygen atoms in total. The van der Waals surface area contributed by atoms with Crippen molar-refractivity contribution < 1.29 is 19.1 Å². The van der Waals surface area contributed by atoms with E-state index >= 15 is 0 Å². The first-order valence-corrected chi connectivity index (χ1v) is 8.69. The minimum Gasteiger partial charge on any atom is -0.378 e. The number of amides is 2. The molecule has 1 saturated heterocycles. The Morgan fingerprint density at radius 1 is 1.20 bits per heavy atom. The van der Waals surface area contributed by atoms with E-state index in [1.54, 1.807) is 49.4 Å². The van der Waals surface area contributed by atoms with E-state index in [0.717, 1.165) is 0 Å². The lowest BCUT2D eigenvalue weighted by atomic mass is 10.1. The summed E-state index contributed by atoms with van der Waals surface area (Å²) in [6, 6.07) is 14.2. The fraction of sp³-hybridized carbons (Fsp3) is 0.222. The average Bonchev–Trinajstić information content (AvgIpc) is 2.91. The van der Waals surface area contributed by atoms with E-state index in [-0.39, 0.29) is 17.0 Å². The molecule has 2 aromatic carbocycles. The molecule has 2 N–H and O–H groups in total. The summed E-state index contributed by atoms with van der Waals surface area (Å²) >= 11 is 1.35. The Hall–Kier alpha value is -2.38. The molecule has 1 aliphatic heterocycles. The lowest BCUT2D eigenvalue weighted by molar-refractivity contribution is -0.144. The number of hydrogen-bond acceptors (Lipinski definition) is 4. The highest BCUT2D eigenvalue weighted by atomic mass is 32.2. The van der Waals surface area contributed by atoms with Crippen LogP contribution >= 0.6 is 11.8 Å². The zero-order valence-electron chi connectivity index (χ0n) is 13.4. The molecule has 7 heteroatoms. The number of hydrogen-bond donors (Lipinski definition) is 2. The fourth-order valence-electron chi connectivity index (χ4n) is 2.56. The van der Waals surface area contributed by atoms with Crippen molar-refractivity contribution in [1.82, 2.24) is 10.4 Å². The highest BCUT2D eigenvalue weighted by molar-refractivity contribution is 8.01. The lowest BCUT2D eigenvalue weighted by Crippen LogP contribution is -2.47. The van der Waals surface area contributed by atoms with E-state index in [4.69, 9.17) is 0 Å². The van der Waals surface area contributed by atoms with Crippen LogP contribution in [0.1, 0.15) is 29.5 Å². The first-order chi connectivity index (χ1) is 12.0. The summed E-state index contributed by atoms with van der Waals surface area (Å²) in [5.41, 5.74) is 3.63. The second-order valence-corrected chi connectivity index (χ2v) is 7.11. The van der Waals surface area contributed by atoms with Crippen molar-refractivity contribution >= 4 is 23.6 Å². The average molecular weight is 360 g/mol. The van der Waals surface area contributed by atoms with Crippen molar-refractivity contribution in [2.75, 3.05) is 0 Å². The van der Waals surface area contributed by atoms with Gasteiger partial charge in [-0.1, -0.05) is 42.5 Å². The van der Waals surface area contributed by atoms with Crippen LogP contribution in [0.4, 0.5) is 4.39 Å². The van der Waals surface area contributed by atoms with Crippen molar-refractivity contribution in [1.29, 1.82) is 0 Å². The van der Waals surface area contributed by atoms with Gasteiger partial charge in [0.2, 0.25) is 0 Å². The van der Waals surface area contributed by atoms with E-state index in [1.165, 1.54) is 28.9 Å². The molecule has 3 rings (SSSR count). The number of aliphatic hydroxyl groups is 1. The summed E-state index contributed by atoms with van der Waals surface area (Å²) in [7, 11) is 0. The van der Waals surface area contributed by atoms with Gasteiger partial charge in [0.05, 0.1) is 5.25 Å². The summed E-state index contributed by atoms with van der Waals surface area (Å²) in [4.78, 5) is 24.7. The molecule has 3 unspecified atom stereocenters. The first kappa shape index (κ1) is 17.4. The van der Waals surface area contributed by atoms with Crippen molar-refractivity contribution in [3.63, 3.8) is 0 Å². The Balaban J connectivity index is 1.79. The number of carbonyl (C=O) groups excluding carboxylic acids is 2. The Kier molecular flexibility index (Phi) is 5.06. The Labute approximate surface area is 148 Å². The molecule has 0 aliphatic carbocycles. The van der Waals surface area contributed by atoms with E-state index in [0.29, 0.717) is 11.1 Å². The van der Waals surface area contributed by atoms with Gasteiger partial charge >= 0.3 is 0 Å². The van der Waals surface area contributed by atoms with Crippen molar-refractivity contribution in [2.45, 2.75) is 23.7 Å². The molecule has 1 aliphatic rings. The smallest absolute Gasteiger partial charge is 0.272 e. The highest BCUT2D eigenvalue weighted by Crippen LogP contribution is 2.41. The molecular formula is C18H17FN2O3S. The van der Waals surface area contributed by atoms with Gasteiger partial charge in [0.1, 0.15) is 11.2 Å². The third kappa shape index (κ3) is 3.67. The van der Waals surface area contributed by atoms with Gasteiger partial charge in [-0.05, 0) is 30.2 Å². The standard InChI is InChI=1S/C18H17FN2O3S/c1-11-17(24)21(18(25-11)13-7-9-14(19)10-8-13)20-16(23)15(22)12-5-3-2-4-6-12/h2-11,15,18,22H,1H3,(H,20,23). The summed E-state index contributed by atoms with van der Waals surface area (Å²) in [6.45, 7) is 1.74. The first-order valence-electron chi connectivity index (χ1n) is 7.75. The number of rotatable bonds is 4. The second-order valence-electron chi connectivity index (χ2n) is 5.68. The van der Waals surface area contributed by atoms with E-state index in [2.05, 4.69) is 5.43 Å². The van der Waals surface area contributed by atoms with Crippen LogP contribution in [0.3, 0.4) is 0 Å². The van der Waals surface area contributed by atoms with Crippen LogP contribution in [0.25, 0.3) is 0 Å². The van der Waals surface area contributed by atoms with E-state index in [1.807, 2.05) is 0 Å². The maximum Gasteiger partial charge on any atom is 0.272 e. The van der Waals surface area contributed by atoms with Crippen molar-refractivity contribution in [2.24, 2.45) is 0 Å². The highest BCUT2D eigenvalue weighted by Gasteiger charge is 2.40. The molecule has 1 fully saturated rings. The third-order valence-electron chi connectivity index (χ3n) is 3.90. The molecule has 130 valence electrons. The van der Waals surface area contributed by atoms with Gasteiger partial charge in [-0.2, -0.15) is 0 Å². The minimum atomic E-state index is -1.39. The van der Waals surface area contributed by atoms with Crippen molar-refractivity contribution in [3.8, 4) is 0 Å². The molecular weight excluding hydrogens is 343 g/mol. The Morgan fingerprint density at radius 3 is 2.48 bits per heavy atom. The van der Waals surface area contributed by atoms with Gasteiger partial charge in [-0.15, -0.1) is 11.8 Å². The molecule has 0 radical (unpaired) electrons. The molecule has 0 aromatic heterocycles. The Bertz CT molecular complexity index is 770. The van der Waals surface area contributed by atoms with Crippen LogP contribution in [-0.2, 0) is 9.59 Å². The number of hydrazine groups is 1. The SMILES string of the molecule is CC1SC(c2ccc(F)cc2)N(NC(=O)C(O)c2ccccc2)C1=O. The predicted molar refractivity (Wildman–Crippen MR) is 92.6 cm³/mol. The number of aliphatic hydroxyl groups excluding tert-OH is 1. The van der Waals surface area contributed by atoms with Gasteiger partial charge in [0.15, 0.2) is 6.10 Å². The second kappa shape index (κ2) is 7.25. The van der Waals surface area contributed by atoms with Crippen LogP contribution in [0.2, 0.25) is 0 Å². The normalized spacial score (nSPS) is 21.2. The van der Waals surface area contributed by atoms with Gasteiger partial charge in [0.25, 0.3) is 11.8 Å². The van der Waals surface area contributed by atoms with Gasteiger partial charge in [0, 0.05) is 0 Å². The number of nitrogens with zero attached hydrogens (tertiary/aromatic N) is 1. The number of benzene rings is 2. The third-order valence-corrected chi connectivity index (χ3v) is 5.25. The van der Waals surface area contributed by atoms with E-state index < -0.39 is 17.4 Å². The number of halogens is 1. The minimum absolute atomic E-state index is 0.270. The zero-order chi connectivity index (χ0) is 18.0. The molecule has 2 amide bonds. The monoisotopic (exact) mass is 360 g/mol. The largest absolute Gasteiger partial charge is 0.378 e. The van der Waals surface area contributed by atoms with Gasteiger partial charge < -0.3 is 5.11 Å². The van der Waals surface area contributed by atoms with E-state index in [9.17, 15) is 19.1 Å². The van der Waals surface area contributed by atoms with Crippen LogP contribution in [0.5, 0.6) is 0 Å². The molecule has 25 heavy (non-hydrogen) atoms. The molecule has 0 bridgehead atoms. The lowest BCUT2D eigenvalue weighted by Gasteiger charge is -2.25. The van der Waals surface area contributed by atoms with Crippen LogP contribution in [-0.4, -0.2) is 27.2 Å². The molecule has 0 spiro atoms. The number of nitrogens with one attached hydrogen (secondary N) is 1. The Morgan fingerprint density at radius 2 is 1.84 bits per heavy atom. The summed E-state index contributed by atoms with van der Waals surface area (Å²) in [6.07, 6.45) is -1.39. The summed E-state index contributed by atoms with van der Waals surface area (Å²) < 4.78 is 13.1. The van der Waals surface area contributed by atoms with Crippen LogP contribution in [0.15, 0.2) is 54.6 Å². The maximum absolute atomic E-state index is 13.1. The number of thioether (sulfide) groups is 1. The summed E-state index contributed by atoms with van der Waals surface area (Å²) in [5.74, 6) is -1.34. The zero-order valence-corrected chi connectivity index (χ0v) is 14.2. The quantitative estimate of drug-likeness (QED) is 0.879. The topological polar surface area (TPSA) is 69.6 Å². The summed E-state index contributed by atoms with van der Waals surface area (Å²) in [5, 5.41) is 10.6. The molecule has 1 heterocycles. The van der Waals surface area contributed by atoms with Crippen molar-refractivity contribution in [3.05, 3.63) is 71.5 Å². The fourth-order valence-corrected chi connectivity index (χ4v) is 3.77. The molecule has 2 aromatic rings. The van der Waals surface area contributed by atoms with Crippen LogP contribution < -0.4 is 5.43 Å². The molecule has 0 saturated carbocycles. The van der Waals surface area contributed by atoms with Gasteiger partial charge in [-0.3, -0.25) is 15.0 Å². The number of carbonyl (C=O) groups is 2. The predicted octanol–water partition coefficient (Wildman–Crippen LogP) is 2.55. The van der Waals surface area contributed by atoms with Gasteiger partial charge in [-0.25, -0.2) is 9.40 Å². The maximum atomic E-state index is 13.1.